The van der Waals surface area contributed by atoms with E-state index in [1.807, 2.05) is 13.8 Å². The monoisotopic (exact) mass is 374 g/mol. The minimum Gasteiger partial charge on any atom is -0.496 e. The molecule has 8 heteroatoms. The first-order valence-corrected chi connectivity index (χ1v) is 9.22. The SMILES string of the molecule is CCCCC(CO)Nc1nc(N)ncc1NCc1ncc(C)c(OC)c1C. The van der Waals surface area contributed by atoms with Gasteiger partial charge in [-0.3, -0.25) is 4.98 Å². The summed E-state index contributed by atoms with van der Waals surface area (Å²) >= 11 is 0. The van der Waals surface area contributed by atoms with Gasteiger partial charge in [0.05, 0.1) is 43.9 Å². The lowest BCUT2D eigenvalue weighted by molar-refractivity contribution is 0.267. The number of nitrogen functional groups attached to an aromatic ring is 1. The third-order valence-corrected chi connectivity index (χ3v) is 4.47. The number of pyridine rings is 1. The summed E-state index contributed by atoms with van der Waals surface area (Å²) in [5, 5.41) is 16.2. The first-order valence-electron chi connectivity index (χ1n) is 9.22. The Labute approximate surface area is 160 Å². The molecule has 2 aromatic heterocycles. The predicted octanol–water partition coefficient (Wildman–Crippen LogP) is 2.65. The lowest BCUT2D eigenvalue weighted by Gasteiger charge is -2.20. The van der Waals surface area contributed by atoms with Crippen molar-refractivity contribution in [3.05, 3.63) is 29.2 Å². The Bertz CT molecular complexity index is 753. The van der Waals surface area contributed by atoms with Crippen molar-refractivity contribution in [3.8, 4) is 5.75 Å². The van der Waals surface area contributed by atoms with Gasteiger partial charge in [-0.05, 0) is 20.3 Å². The van der Waals surface area contributed by atoms with Crippen molar-refractivity contribution in [2.24, 2.45) is 0 Å². The van der Waals surface area contributed by atoms with Gasteiger partial charge in [0, 0.05) is 17.3 Å². The van der Waals surface area contributed by atoms with Crippen LogP contribution in [0, 0.1) is 13.8 Å². The van der Waals surface area contributed by atoms with Crippen LogP contribution in [0.1, 0.15) is 43.0 Å². The van der Waals surface area contributed by atoms with Gasteiger partial charge in [0.25, 0.3) is 0 Å². The summed E-state index contributed by atoms with van der Waals surface area (Å²) < 4.78 is 5.46. The largest absolute Gasteiger partial charge is 0.496 e. The Balaban J connectivity index is 2.17. The molecular weight excluding hydrogens is 344 g/mol. The molecule has 0 fully saturated rings. The fraction of sp³-hybridized carbons (Fsp3) is 0.526. The summed E-state index contributed by atoms with van der Waals surface area (Å²) in [6.07, 6.45) is 6.38. The van der Waals surface area contributed by atoms with Gasteiger partial charge < -0.3 is 26.2 Å². The van der Waals surface area contributed by atoms with Gasteiger partial charge in [-0.25, -0.2) is 4.98 Å². The number of unbranched alkanes of at least 4 members (excludes halogenated alkanes) is 1. The summed E-state index contributed by atoms with van der Waals surface area (Å²) in [5.74, 6) is 1.60. The van der Waals surface area contributed by atoms with Crippen LogP contribution in [0.4, 0.5) is 17.5 Å². The molecule has 0 bridgehead atoms. The van der Waals surface area contributed by atoms with Crippen molar-refractivity contribution in [1.29, 1.82) is 0 Å². The molecule has 2 heterocycles. The van der Waals surface area contributed by atoms with Crippen molar-refractivity contribution in [3.63, 3.8) is 0 Å². The third kappa shape index (κ3) is 5.43. The molecule has 0 aliphatic carbocycles. The van der Waals surface area contributed by atoms with Gasteiger partial charge >= 0.3 is 0 Å². The van der Waals surface area contributed by atoms with E-state index >= 15 is 0 Å². The van der Waals surface area contributed by atoms with Crippen LogP contribution >= 0.6 is 0 Å². The van der Waals surface area contributed by atoms with E-state index < -0.39 is 0 Å². The number of hydrogen-bond acceptors (Lipinski definition) is 8. The number of hydrogen-bond donors (Lipinski definition) is 4. The number of aliphatic hydroxyl groups excluding tert-OH is 1. The van der Waals surface area contributed by atoms with E-state index in [4.69, 9.17) is 10.5 Å². The number of aliphatic hydroxyl groups is 1. The normalized spacial score (nSPS) is 11.9. The number of ether oxygens (including phenoxy) is 1. The minimum atomic E-state index is -0.0841. The highest BCUT2D eigenvalue weighted by Gasteiger charge is 2.14. The molecule has 0 saturated heterocycles. The van der Waals surface area contributed by atoms with Crippen LogP contribution in [0.25, 0.3) is 0 Å². The number of aromatic nitrogens is 3. The average Bonchev–Trinajstić information content (AvgIpc) is 2.66. The zero-order valence-corrected chi connectivity index (χ0v) is 16.5. The summed E-state index contributed by atoms with van der Waals surface area (Å²) in [7, 11) is 1.66. The Kier molecular flexibility index (Phi) is 7.60. The van der Waals surface area contributed by atoms with Crippen LogP contribution in [-0.2, 0) is 6.54 Å². The van der Waals surface area contributed by atoms with Crippen LogP contribution in [0.5, 0.6) is 5.75 Å². The maximum Gasteiger partial charge on any atom is 0.222 e. The van der Waals surface area contributed by atoms with Gasteiger partial charge in [-0.1, -0.05) is 19.8 Å². The van der Waals surface area contributed by atoms with E-state index in [0.29, 0.717) is 18.1 Å². The van der Waals surface area contributed by atoms with Gasteiger partial charge in [0.1, 0.15) is 5.75 Å². The molecule has 27 heavy (non-hydrogen) atoms. The fourth-order valence-electron chi connectivity index (χ4n) is 2.92. The van der Waals surface area contributed by atoms with E-state index in [1.165, 1.54) is 0 Å². The maximum absolute atomic E-state index is 9.62. The standard InChI is InChI=1S/C19H30N6O2/c1-5-6-7-14(11-26)24-18-16(10-23-19(20)25-18)22-9-15-13(3)17(27-4)12(2)8-21-15/h8,10,14,22,26H,5-7,9,11H2,1-4H3,(H3,20,23,24,25). The van der Waals surface area contributed by atoms with E-state index in [1.54, 1.807) is 19.5 Å². The first kappa shape index (κ1) is 20.7. The molecule has 8 nitrogen and oxygen atoms in total. The van der Waals surface area contributed by atoms with Crippen molar-refractivity contribution >= 4 is 17.5 Å². The van der Waals surface area contributed by atoms with Gasteiger partial charge in [0.2, 0.25) is 5.95 Å². The second-order valence-electron chi connectivity index (χ2n) is 6.56. The molecule has 0 aromatic carbocycles. The molecule has 0 radical (unpaired) electrons. The molecule has 1 atom stereocenters. The van der Waals surface area contributed by atoms with Crippen LogP contribution < -0.4 is 21.1 Å². The Hall–Kier alpha value is -2.61. The molecule has 148 valence electrons. The molecule has 0 amide bonds. The molecular formula is C19H30N6O2. The number of rotatable bonds is 10. The predicted molar refractivity (Wildman–Crippen MR) is 108 cm³/mol. The molecule has 0 aliphatic rings. The zero-order valence-electron chi connectivity index (χ0n) is 16.5. The number of nitrogens with one attached hydrogen (secondary N) is 2. The summed E-state index contributed by atoms with van der Waals surface area (Å²) in [4.78, 5) is 12.9. The number of aryl methyl sites for hydroxylation is 1. The lowest BCUT2D eigenvalue weighted by atomic mass is 10.1. The highest BCUT2D eigenvalue weighted by Crippen LogP contribution is 2.26. The van der Waals surface area contributed by atoms with Crippen LogP contribution in [0.2, 0.25) is 0 Å². The summed E-state index contributed by atoms with van der Waals surface area (Å²) in [6.45, 7) is 6.59. The number of anilines is 3. The van der Waals surface area contributed by atoms with E-state index in [-0.39, 0.29) is 18.6 Å². The van der Waals surface area contributed by atoms with Gasteiger partial charge in [-0.15, -0.1) is 0 Å². The molecule has 0 aliphatic heterocycles. The highest BCUT2D eigenvalue weighted by molar-refractivity contribution is 5.65. The van der Waals surface area contributed by atoms with Crippen LogP contribution in [0.3, 0.4) is 0 Å². The Morgan fingerprint density at radius 1 is 1.26 bits per heavy atom. The van der Waals surface area contributed by atoms with Gasteiger partial charge in [0.15, 0.2) is 5.82 Å². The molecule has 0 saturated carbocycles. The minimum absolute atomic E-state index is 0.0270. The average molecular weight is 374 g/mol. The summed E-state index contributed by atoms with van der Waals surface area (Å²) in [5.41, 5.74) is 9.33. The van der Waals surface area contributed by atoms with Crippen molar-refractivity contribution < 1.29 is 9.84 Å². The summed E-state index contributed by atoms with van der Waals surface area (Å²) in [6, 6.07) is -0.0841. The topological polar surface area (TPSA) is 118 Å². The van der Waals surface area contributed by atoms with Crippen LogP contribution in [-0.4, -0.2) is 39.8 Å². The van der Waals surface area contributed by atoms with Gasteiger partial charge in [-0.2, -0.15) is 4.98 Å². The second kappa shape index (κ2) is 9.91. The van der Waals surface area contributed by atoms with E-state index in [0.717, 1.165) is 41.8 Å². The maximum atomic E-state index is 9.62. The lowest BCUT2D eigenvalue weighted by Crippen LogP contribution is -2.25. The third-order valence-electron chi connectivity index (χ3n) is 4.47. The highest BCUT2D eigenvalue weighted by atomic mass is 16.5. The molecule has 0 spiro atoms. The van der Waals surface area contributed by atoms with Crippen molar-refractivity contribution in [2.45, 2.75) is 52.6 Å². The number of nitrogens with zero attached hydrogens (tertiary/aromatic N) is 3. The first-order chi connectivity index (χ1) is 13.0. The smallest absolute Gasteiger partial charge is 0.222 e. The zero-order chi connectivity index (χ0) is 19.8. The molecule has 1 unspecified atom stereocenters. The fourth-order valence-corrected chi connectivity index (χ4v) is 2.92. The second-order valence-corrected chi connectivity index (χ2v) is 6.56. The number of nitrogens with two attached hydrogens (primary N) is 1. The van der Waals surface area contributed by atoms with Crippen molar-refractivity contribution in [2.75, 3.05) is 30.1 Å². The number of methoxy groups -OCH3 is 1. The van der Waals surface area contributed by atoms with E-state index in [2.05, 4.69) is 32.5 Å². The van der Waals surface area contributed by atoms with E-state index in [9.17, 15) is 5.11 Å². The Morgan fingerprint density at radius 2 is 2.04 bits per heavy atom. The quantitative estimate of drug-likeness (QED) is 0.501. The molecule has 5 N–H and O–H groups in total. The van der Waals surface area contributed by atoms with Crippen LogP contribution in [0.15, 0.2) is 12.4 Å². The van der Waals surface area contributed by atoms with Crippen molar-refractivity contribution in [1.82, 2.24) is 15.0 Å². The Morgan fingerprint density at radius 3 is 2.70 bits per heavy atom. The molecule has 2 rings (SSSR count). The molecule has 2 aromatic rings.